The van der Waals surface area contributed by atoms with E-state index in [9.17, 15) is 13.2 Å². The molecule has 3 heterocycles. The number of anilines is 2. The van der Waals surface area contributed by atoms with Crippen molar-refractivity contribution >= 4 is 38.1 Å². The highest BCUT2D eigenvalue weighted by atomic mass is 32.2. The Morgan fingerprint density at radius 2 is 1.87 bits per heavy atom. The minimum absolute atomic E-state index is 0.171. The van der Waals surface area contributed by atoms with E-state index in [-0.39, 0.29) is 19.1 Å². The molecule has 1 aromatic heterocycles. The van der Waals surface area contributed by atoms with Gasteiger partial charge in [-0.05, 0) is 67.3 Å². The van der Waals surface area contributed by atoms with Crippen molar-refractivity contribution in [1.29, 1.82) is 0 Å². The number of ether oxygens (including phenoxy) is 2. The standard InChI is InChI=1S/C28H25N3O5S2/c1-17-5-3-4-6-25(17)38(33,34)31-12-11-20-15-21(8-9-22(20)31)27-18(2)37-28(30-27)29-26(32)14-19-7-10-23-24(13-19)36-16-35-23/h3-10,13,15H,11-12,14,16H2,1-2H3,(H,29,30,32). The third kappa shape index (κ3) is 4.39. The molecule has 4 aromatic rings. The average Bonchev–Trinajstić information content (AvgIpc) is 3.61. The maximum atomic E-state index is 13.4. The van der Waals surface area contributed by atoms with Gasteiger partial charge in [0.05, 0.1) is 22.7 Å². The number of aryl methyl sites for hydroxylation is 2. The summed E-state index contributed by atoms with van der Waals surface area (Å²) in [6.07, 6.45) is 0.811. The van der Waals surface area contributed by atoms with Crippen LogP contribution in [0.5, 0.6) is 11.5 Å². The second-order valence-electron chi connectivity index (χ2n) is 9.27. The largest absolute Gasteiger partial charge is 0.454 e. The predicted molar refractivity (Wildman–Crippen MR) is 147 cm³/mol. The van der Waals surface area contributed by atoms with Crippen LogP contribution in [0.15, 0.2) is 65.6 Å². The van der Waals surface area contributed by atoms with Crippen LogP contribution >= 0.6 is 11.3 Å². The number of carbonyl (C=O) groups excluding carboxylic acids is 1. The van der Waals surface area contributed by atoms with Gasteiger partial charge in [0.2, 0.25) is 12.7 Å². The molecule has 8 nitrogen and oxygen atoms in total. The average molecular weight is 548 g/mol. The number of nitrogens with one attached hydrogen (secondary N) is 1. The molecule has 194 valence electrons. The number of benzene rings is 3. The monoisotopic (exact) mass is 547 g/mol. The van der Waals surface area contributed by atoms with Crippen molar-refractivity contribution in [2.45, 2.75) is 31.6 Å². The first-order valence-electron chi connectivity index (χ1n) is 12.2. The number of amides is 1. The van der Waals surface area contributed by atoms with E-state index in [1.165, 1.54) is 15.6 Å². The van der Waals surface area contributed by atoms with Gasteiger partial charge in [0, 0.05) is 17.0 Å². The maximum Gasteiger partial charge on any atom is 0.264 e. The van der Waals surface area contributed by atoms with Crippen LogP contribution in [-0.4, -0.2) is 32.6 Å². The van der Waals surface area contributed by atoms with Crippen LogP contribution < -0.4 is 19.1 Å². The van der Waals surface area contributed by atoms with E-state index >= 15 is 0 Å². The first kappa shape index (κ1) is 24.4. The maximum absolute atomic E-state index is 13.4. The Balaban J connectivity index is 1.20. The lowest BCUT2D eigenvalue weighted by atomic mass is 10.1. The highest BCUT2D eigenvalue weighted by Crippen LogP contribution is 2.38. The van der Waals surface area contributed by atoms with E-state index in [2.05, 4.69) is 10.3 Å². The number of thiazole rings is 1. The molecule has 2 aliphatic rings. The quantitative estimate of drug-likeness (QED) is 0.361. The fourth-order valence-corrected chi connectivity index (χ4v) is 7.43. The molecule has 10 heteroatoms. The summed E-state index contributed by atoms with van der Waals surface area (Å²) in [6.45, 7) is 4.36. The topological polar surface area (TPSA) is 97.8 Å². The number of rotatable bonds is 6. The lowest BCUT2D eigenvalue weighted by molar-refractivity contribution is -0.115. The number of nitrogens with zero attached hydrogens (tertiary/aromatic N) is 2. The molecule has 0 unspecified atom stereocenters. The summed E-state index contributed by atoms with van der Waals surface area (Å²) in [5.74, 6) is 1.15. The normalized spacial score (nSPS) is 14.0. The van der Waals surface area contributed by atoms with Crippen molar-refractivity contribution in [3.05, 3.63) is 82.2 Å². The molecule has 6 rings (SSSR count). The Hall–Kier alpha value is -3.89. The lowest BCUT2D eigenvalue weighted by Gasteiger charge is -2.21. The third-order valence-corrected chi connectivity index (χ3v) is 9.57. The highest BCUT2D eigenvalue weighted by Gasteiger charge is 2.32. The molecule has 0 saturated heterocycles. The number of hydrogen-bond acceptors (Lipinski definition) is 7. The van der Waals surface area contributed by atoms with Crippen LogP contribution in [0.25, 0.3) is 11.3 Å². The summed E-state index contributed by atoms with van der Waals surface area (Å²) < 4.78 is 39.0. The molecule has 1 amide bonds. The van der Waals surface area contributed by atoms with Crippen molar-refractivity contribution in [1.82, 2.24) is 4.98 Å². The minimum Gasteiger partial charge on any atom is -0.454 e. The SMILES string of the molecule is Cc1ccccc1S(=O)(=O)N1CCc2cc(-c3nc(NC(=O)Cc4ccc5c(c4)OCO5)sc3C)ccc21. The van der Waals surface area contributed by atoms with Gasteiger partial charge < -0.3 is 14.8 Å². The first-order chi connectivity index (χ1) is 18.3. The van der Waals surface area contributed by atoms with Crippen LogP contribution in [0.3, 0.4) is 0 Å². The zero-order valence-electron chi connectivity index (χ0n) is 20.9. The second kappa shape index (κ2) is 9.45. The van der Waals surface area contributed by atoms with E-state index < -0.39 is 10.0 Å². The van der Waals surface area contributed by atoms with Crippen molar-refractivity contribution in [3.63, 3.8) is 0 Å². The van der Waals surface area contributed by atoms with Gasteiger partial charge in [-0.2, -0.15) is 0 Å². The van der Waals surface area contributed by atoms with E-state index in [1.807, 2.05) is 56.3 Å². The van der Waals surface area contributed by atoms with Crippen LogP contribution in [0.1, 0.15) is 21.6 Å². The molecule has 0 atom stereocenters. The molecule has 3 aromatic carbocycles. The number of aromatic nitrogens is 1. The number of carbonyl (C=O) groups is 1. The third-order valence-electron chi connectivity index (χ3n) is 6.71. The molecular formula is C28H25N3O5S2. The molecule has 0 spiro atoms. The summed E-state index contributed by atoms with van der Waals surface area (Å²) in [4.78, 5) is 18.7. The van der Waals surface area contributed by atoms with Crippen molar-refractivity contribution < 1.29 is 22.7 Å². The molecule has 0 saturated carbocycles. The lowest BCUT2D eigenvalue weighted by Crippen LogP contribution is -2.29. The molecule has 0 bridgehead atoms. The summed E-state index contributed by atoms with van der Waals surface area (Å²) in [5.41, 5.74) is 4.87. The Kier molecular flexibility index (Phi) is 6.08. The van der Waals surface area contributed by atoms with Gasteiger partial charge in [-0.3, -0.25) is 9.10 Å². The number of hydrogen-bond donors (Lipinski definition) is 1. The summed E-state index contributed by atoms with van der Waals surface area (Å²) >= 11 is 1.41. The Morgan fingerprint density at radius 1 is 1.05 bits per heavy atom. The van der Waals surface area contributed by atoms with Crippen molar-refractivity contribution in [2.24, 2.45) is 0 Å². The highest BCUT2D eigenvalue weighted by molar-refractivity contribution is 7.93. The Labute approximate surface area is 224 Å². The van der Waals surface area contributed by atoms with Crippen molar-refractivity contribution in [3.8, 4) is 22.8 Å². The summed E-state index contributed by atoms with van der Waals surface area (Å²) in [5, 5.41) is 3.42. The molecule has 38 heavy (non-hydrogen) atoms. The van der Waals surface area contributed by atoms with E-state index in [0.717, 1.165) is 32.8 Å². The van der Waals surface area contributed by atoms with Crippen LogP contribution in [-0.2, 0) is 27.7 Å². The number of fused-ring (bicyclic) bond motifs is 2. The van der Waals surface area contributed by atoms with Gasteiger partial charge >= 0.3 is 0 Å². The molecule has 1 N–H and O–H groups in total. The van der Waals surface area contributed by atoms with Gasteiger partial charge in [0.1, 0.15) is 0 Å². The van der Waals surface area contributed by atoms with E-state index in [4.69, 9.17) is 9.47 Å². The van der Waals surface area contributed by atoms with Crippen LogP contribution in [0.4, 0.5) is 10.8 Å². The minimum atomic E-state index is -3.65. The Bertz CT molecular complexity index is 1680. The van der Waals surface area contributed by atoms with Crippen molar-refractivity contribution in [2.75, 3.05) is 23.0 Å². The van der Waals surface area contributed by atoms with Gasteiger partial charge in [0.25, 0.3) is 10.0 Å². The fraction of sp³-hybridized carbons (Fsp3) is 0.214. The predicted octanol–water partition coefficient (Wildman–Crippen LogP) is 5.09. The van der Waals surface area contributed by atoms with E-state index in [1.54, 1.807) is 18.2 Å². The summed E-state index contributed by atoms with van der Waals surface area (Å²) in [6, 6.07) is 18.3. The zero-order chi connectivity index (χ0) is 26.4. The van der Waals surface area contributed by atoms with Crippen LogP contribution in [0, 0.1) is 13.8 Å². The molecular weight excluding hydrogens is 522 g/mol. The zero-order valence-corrected chi connectivity index (χ0v) is 22.5. The molecule has 0 aliphatic carbocycles. The number of sulfonamides is 1. The first-order valence-corrected chi connectivity index (χ1v) is 14.4. The second-order valence-corrected chi connectivity index (χ2v) is 12.3. The molecule has 2 aliphatic heterocycles. The van der Waals surface area contributed by atoms with Crippen LogP contribution in [0.2, 0.25) is 0 Å². The summed E-state index contributed by atoms with van der Waals surface area (Å²) in [7, 11) is -3.65. The Morgan fingerprint density at radius 3 is 2.71 bits per heavy atom. The van der Waals surface area contributed by atoms with E-state index in [0.29, 0.717) is 40.2 Å². The van der Waals surface area contributed by atoms with Gasteiger partial charge in [-0.25, -0.2) is 13.4 Å². The van der Waals surface area contributed by atoms with Gasteiger partial charge in [-0.15, -0.1) is 11.3 Å². The molecule has 0 radical (unpaired) electrons. The molecule has 0 fully saturated rings. The smallest absolute Gasteiger partial charge is 0.264 e. The fourth-order valence-electron chi connectivity index (χ4n) is 4.85. The van der Waals surface area contributed by atoms with Gasteiger partial charge in [-0.1, -0.05) is 30.3 Å². The van der Waals surface area contributed by atoms with Gasteiger partial charge in [0.15, 0.2) is 16.6 Å².